The van der Waals surface area contributed by atoms with Gasteiger partial charge in [-0.2, -0.15) is 5.10 Å². The molecule has 9 nitrogen and oxygen atoms in total. The third kappa shape index (κ3) is 5.04. The number of halogens is 1. The molecule has 3 rings (SSSR count). The molecule has 0 saturated heterocycles. The van der Waals surface area contributed by atoms with Crippen molar-refractivity contribution in [1.82, 2.24) is 0 Å². The number of hydrogen-bond donors (Lipinski definition) is 3. The van der Waals surface area contributed by atoms with Gasteiger partial charge >= 0.3 is 0 Å². The number of anilines is 2. The molecule has 0 amide bonds. The maximum absolute atomic E-state index is 12.9. The fourth-order valence-electron chi connectivity index (χ4n) is 2.46. The fraction of sp³-hybridized carbons (Fsp3) is 0. The first-order valence-electron chi connectivity index (χ1n) is 8.40. The number of hydrogen-bond acceptors (Lipinski definition) is 7. The van der Waals surface area contributed by atoms with Crippen LogP contribution in [0.5, 0.6) is 5.75 Å². The van der Waals surface area contributed by atoms with Crippen LogP contribution >= 0.6 is 11.6 Å². The van der Waals surface area contributed by atoms with Crippen LogP contribution in [0.25, 0.3) is 0 Å². The lowest BCUT2D eigenvalue weighted by Gasteiger charge is -2.12. The molecule has 0 aliphatic heterocycles. The molecule has 30 heavy (non-hydrogen) atoms. The van der Waals surface area contributed by atoms with Crippen LogP contribution in [0, 0.1) is 10.1 Å². The van der Waals surface area contributed by atoms with Crippen molar-refractivity contribution in [3.05, 3.63) is 87.4 Å². The molecule has 154 valence electrons. The maximum atomic E-state index is 12.9. The van der Waals surface area contributed by atoms with Crippen molar-refractivity contribution in [2.24, 2.45) is 5.10 Å². The third-order valence-electron chi connectivity index (χ3n) is 3.85. The monoisotopic (exact) mass is 446 g/mol. The molecule has 0 saturated carbocycles. The first-order valence-corrected chi connectivity index (χ1v) is 10.3. The number of non-ortho nitro benzene ring substituents is 1. The van der Waals surface area contributed by atoms with E-state index in [1.165, 1.54) is 36.5 Å². The first-order chi connectivity index (χ1) is 14.3. The van der Waals surface area contributed by atoms with Crippen LogP contribution in [0.3, 0.4) is 0 Å². The predicted octanol–water partition coefficient (Wildman–Crippen LogP) is 4.20. The highest BCUT2D eigenvalue weighted by molar-refractivity contribution is 7.93. The molecule has 0 fully saturated rings. The second kappa shape index (κ2) is 8.80. The van der Waals surface area contributed by atoms with E-state index >= 15 is 0 Å². The lowest BCUT2D eigenvalue weighted by molar-refractivity contribution is -0.385. The van der Waals surface area contributed by atoms with Crippen molar-refractivity contribution in [2.45, 2.75) is 4.90 Å². The smallest absolute Gasteiger partial charge is 0.270 e. The van der Waals surface area contributed by atoms with Gasteiger partial charge in [-0.15, -0.1) is 0 Å². The summed E-state index contributed by atoms with van der Waals surface area (Å²) in [4.78, 5) is 10.0. The zero-order valence-corrected chi connectivity index (χ0v) is 16.8. The standard InChI is InChI=1S/C19H15ClN4O5S/c20-16-6-1-2-7-17(16)23-30(28,29)19-11-14(24(26)27)8-9-18(19)22-21-12-13-4-3-5-15(25)10-13/h1-12,22-23,25H/b21-12+. The normalized spacial score (nSPS) is 11.4. The molecule has 0 spiro atoms. The Morgan fingerprint density at radius 3 is 2.50 bits per heavy atom. The van der Waals surface area contributed by atoms with Gasteiger partial charge in [-0.25, -0.2) is 8.42 Å². The average Bonchev–Trinajstić information content (AvgIpc) is 2.69. The molecule has 3 aromatic rings. The Balaban J connectivity index is 1.96. The SMILES string of the molecule is O=[N+]([O-])c1ccc(N/N=C/c2cccc(O)c2)c(S(=O)(=O)Nc2ccccc2Cl)c1. The zero-order valence-electron chi connectivity index (χ0n) is 15.2. The summed E-state index contributed by atoms with van der Waals surface area (Å²) in [6.45, 7) is 0. The topological polar surface area (TPSA) is 134 Å². The van der Waals surface area contributed by atoms with Gasteiger partial charge in [-0.3, -0.25) is 20.3 Å². The fourth-order valence-corrected chi connectivity index (χ4v) is 3.96. The van der Waals surface area contributed by atoms with Crippen molar-refractivity contribution in [3.63, 3.8) is 0 Å². The van der Waals surface area contributed by atoms with Gasteiger partial charge in [0.05, 0.1) is 27.5 Å². The van der Waals surface area contributed by atoms with E-state index in [0.29, 0.717) is 5.56 Å². The van der Waals surface area contributed by atoms with E-state index < -0.39 is 20.6 Å². The van der Waals surface area contributed by atoms with Crippen LogP contribution in [0.2, 0.25) is 5.02 Å². The summed E-state index contributed by atoms with van der Waals surface area (Å²) in [5.41, 5.74) is 2.86. The number of phenols is 1. The van der Waals surface area contributed by atoms with Crippen LogP contribution in [0.15, 0.2) is 76.7 Å². The van der Waals surface area contributed by atoms with Crippen LogP contribution < -0.4 is 10.1 Å². The minimum atomic E-state index is -4.24. The van der Waals surface area contributed by atoms with Crippen LogP contribution in [-0.2, 0) is 10.0 Å². The number of para-hydroxylation sites is 1. The van der Waals surface area contributed by atoms with E-state index in [0.717, 1.165) is 12.1 Å². The number of nitro groups is 1. The average molecular weight is 447 g/mol. The Kier molecular flexibility index (Phi) is 6.19. The van der Waals surface area contributed by atoms with Crippen molar-refractivity contribution < 1.29 is 18.4 Å². The highest BCUT2D eigenvalue weighted by Gasteiger charge is 2.23. The Hall–Kier alpha value is -3.63. The number of sulfonamides is 1. The Morgan fingerprint density at radius 2 is 1.80 bits per heavy atom. The summed E-state index contributed by atoms with van der Waals surface area (Å²) in [6, 6.07) is 15.8. The zero-order chi connectivity index (χ0) is 21.7. The van der Waals surface area contributed by atoms with Gasteiger partial charge in [-0.1, -0.05) is 35.9 Å². The van der Waals surface area contributed by atoms with Crippen molar-refractivity contribution >= 4 is 44.9 Å². The van der Waals surface area contributed by atoms with E-state index in [2.05, 4.69) is 15.2 Å². The number of rotatable bonds is 7. The Morgan fingerprint density at radius 1 is 1.03 bits per heavy atom. The minimum absolute atomic E-state index is 0.0107. The maximum Gasteiger partial charge on any atom is 0.270 e. The summed E-state index contributed by atoms with van der Waals surface area (Å²) < 4.78 is 28.1. The molecule has 0 aliphatic rings. The molecule has 0 bridgehead atoms. The van der Waals surface area contributed by atoms with E-state index in [4.69, 9.17) is 11.6 Å². The lowest BCUT2D eigenvalue weighted by atomic mass is 10.2. The number of nitro benzene ring substituents is 1. The molecule has 11 heteroatoms. The molecule has 0 radical (unpaired) electrons. The van der Waals surface area contributed by atoms with Gasteiger partial charge in [-0.05, 0) is 35.9 Å². The number of aromatic hydroxyl groups is 1. The molecule has 0 aromatic heterocycles. The van der Waals surface area contributed by atoms with Gasteiger partial charge < -0.3 is 5.11 Å². The van der Waals surface area contributed by atoms with Gasteiger partial charge in [0.25, 0.3) is 15.7 Å². The summed E-state index contributed by atoms with van der Waals surface area (Å²) >= 11 is 6.01. The van der Waals surface area contributed by atoms with Crippen molar-refractivity contribution in [1.29, 1.82) is 0 Å². The van der Waals surface area contributed by atoms with E-state index in [9.17, 15) is 23.6 Å². The summed E-state index contributed by atoms with van der Waals surface area (Å²) in [5.74, 6) is 0.0430. The van der Waals surface area contributed by atoms with Crippen molar-refractivity contribution in [3.8, 4) is 5.75 Å². The molecule has 0 aliphatic carbocycles. The highest BCUT2D eigenvalue weighted by atomic mass is 35.5. The number of benzene rings is 3. The van der Waals surface area contributed by atoms with Crippen molar-refractivity contribution in [2.75, 3.05) is 10.1 Å². The number of hydrazone groups is 1. The molecule has 3 N–H and O–H groups in total. The number of nitrogens with one attached hydrogen (secondary N) is 2. The molecular weight excluding hydrogens is 432 g/mol. The van der Waals surface area contributed by atoms with Gasteiger partial charge in [0, 0.05) is 12.1 Å². The van der Waals surface area contributed by atoms with Gasteiger partial charge in [0.1, 0.15) is 10.6 Å². The molecule has 0 atom stereocenters. The van der Waals surface area contributed by atoms with Crippen LogP contribution in [0.4, 0.5) is 17.1 Å². The predicted molar refractivity (Wildman–Crippen MR) is 115 cm³/mol. The quantitative estimate of drug-likeness (QED) is 0.283. The van der Waals surface area contributed by atoms with E-state index in [-0.39, 0.29) is 27.0 Å². The van der Waals surface area contributed by atoms with E-state index in [1.807, 2.05) is 0 Å². The Bertz CT molecular complexity index is 1230. The first kappa shape index (κ1) is 21.1. The van der Waals surface area contributed by atoms with Crippen LogP contribution in [0.1, 0.15) is 5.56 Å². The van der Waals surface area contributed by atoms with E-state index in [1.54, 1.807) is 24.3 Å². The van der Waals surface area contributed by atoms with Gasteiger partial charge in [0.15, 0.2) is 0 Å². The molecular formula is C19H15ClN4O5S. The lowest BCUT2D eigenvalue weighted by Crippen LogP contribution is -2.15. The Labute approximate surface area is 176 Å². The third-order valence-corrected chi connectivity index (χ3v) is 5.59. The summed E-state index contributed by atoms with van der Waals surface area (Å²) in [5, 5.41) is 24.7. The second-order valence-corrected chi connectivity index (χ2v) is 8.05. The number of phenolic OH excluding ortho intramolecular Hbond substituents is 1. The van der Waals surface area contributed by atoms with Gasteiger partial charge in [0.2, 0.25) is 0 Å². The highest BCUT2D eigenvalue weighted by Crippen LogP contribution is 2.30. The second-order valence-electron chi connectivity index (χ2n) is 5.99. The molecule has 0 heterocycles. The summed E-state index contributed by atoms with van der Waals surface area (Å²) in [7, 11) is -4.24. The largest absolute Gasteiger partial charge is 0.508 e. The van der Waals surface area contributed by atoms with Crippen LogP contribution in [-0.4, -0.2) is 24.7 Å². The minimum Gasteiger partial charge on any atom is -0.508 e. The summed E-state index contributed by atoms with van der Waals surface area (Å²) in [6.07, 6.45) is 1.36. The molecule has 0 unspecified atom stereocenters. The number of nitrogens with zero attached hydrogens (tertiary/aromatic N) is 2. The molecule has 3 aromatic carbocycles.